The largest absolute Gasteiger partial charge is 0.484 e. The van der Waals surface area contributed by atoms with Gasteiger partial charge in [-0.2, -0.15) is 0 Å². The first-order valence-electron chi connectivity index (χ1n) is 10.1. The van der Waals surface area contributed by atoms with Crippen LogP contribution in [0.1, 0.15) is 36.8 Å². The Labute approximate surface area is 185 Å². The fourth-order valence-electron chi connectivity index (χ4n) is 3.80. The van der Waals surface area contributed by atoms with Crippen LogP contribution in [-0.2, 0) is 4.79 Å². The molecule has 8 heteroatoms. The molecular weight excluding hydrogens is 419 g/mol. The monoisotopic (exact) mass is 440 g/mol. The number of piperidine rings is 1. The summed E-state index contributed by atoms with van der Waals surface area (Å²) in [6.45, 7) is 2.30. The molecule has 1 aliphatic heterocycles. The number of likely N-dealkylation sites (tertiary alicyclic amines) is 1. The predicted octanol–water partition coefficient (Wildman–Crippen LogP) is 4.77. The fraction of sp³-hybridized carbons (Fsp3) is 0.304. The number of rotatable bonds is 5. The van der Waals surface area contributed by atoms with E-state index in [4.69, 9.17) is 21.3 Å². The Hall–Kier alpha value is -3.06. The van der Waals surface area contributed by atoms with Crippen LogP contribution in [0.25, 0.3) is 11.1 Å². The van der Waals surface area contributed by atoms with E-state index in [9.17, 15) is 9.18 Å². The van der Waals surface area contributed by atoms with Crippen LogP contribution < -0.4 is 4.74 Å². The molecule has 31 heavy (non-hydrogen) atoms. The summed E-state index contributed by atoms with van der Waals surface area (Å²) in [6.07, 6.45) is 7.99. The Morgan fingerprint density at radius 2 is 2.06 bits per heavy atom. The van der Waals surface area contributed by atoms with Crippen LogP contribution in [0.15, 0.2) is 48.9 Å². The lowest BCUT2D eigenvalue weighted by Crippen LogP contribution is -2.41. The molecule has 1 atom stereocenters. The van der Waals surface area contributed by atoms with Crippen molar-refractivity contribution in [3.8, 4) is 16.9 Å². The highest BCUT2D eigenvalue weighted by Gasteiger charge is 2.31. The third-order valence-electron chi connectivity index (χ3n) is 5.32. The molecule has 2 aromatic heterocycles. The summed E-state index contributed by atoms with van der Waals surface area (Å²) in [5.74, 6) is 0.327. The van der Waals surface area contributed by atoms with Gasteiger partial charge in [-0.1, -0.05) is 11.6 Å². The zero-order chi connectivity index (χ0) is 21.8. The number of hydrogen-bond donors (Lipinski definition) is 0. The molecule has 0 bridgehead atoms. The van der Waals surface area contributed by atoms with Crippen LogP contribution in [0.3, 0.4) is 0 Å². The molecule has 0 N–H and O–H groups in total. The number of halogens is 2. The Bertz CT molecular complexity index is 1080. The van der Waals surface area contributed by atoms with Crippen molar-refractivity contribution in [1.82, 2.24) is 19.9 Å². The Kier molecular flexibility index (Phi) is 6.42. The minimum Gasteiger partial charge on any atom is -0.484 e. The summed E-state index contributed by atoms with van der Waals surface area (Å²) in [5, 5.41) is -0.0424. The van der Waals surface area contributed by atoms with Crippen molar-refractivity contribution >= 4 is 17.5 Å². The van der Waals surface area contributed by atoms with Crippen molar-refractivity contribution in [2.45, 2.75) is 32.2 Å². The van der Waals surface area contributed by atoms with E-state index in [1.54, 1.807) is 18.6 Å². The van der Waals surface area contributed by atoms with Gasteiger partial charge >= 0.3 is 0 Å². The van der Waals surface area contributed by atoms with Gasteiger partial charge in [-0.3, -0.25) is 9.78 Å². The third kappa shape index (κ3) is 4.82. The molecule has 1 aliphatic rings. The third-order valence-corrected chi connectivity index (χ3v) is 5.61. The van der Waals surface area contributed by atoms with E-state index >= 15 is 0 Å². The van der Waals surface area contributed by atoms with Crippen molar-refractivity contribution in [2.75, 3.05) is 13.2 Å². The van der Waals surface area contributed by atoms with Gasteiger partial charge in [-0.15, -0.1) is 0 Å². The molecule has 0 radical (unpaired) electrons. The first kappa shape index (κ1) is 21.2. The van der Waals surface area contributed by atoms with Gasteiger partial charge in [0.25, 0.3) is 5.91 Å². The number of ether oxygens (including phenoxy) is 1. The predicted molar refractivity (Wildman–Crippen MR) is 115 cm³/mol. The minimum atomic E-state index is -0.529. The quantitative estimate of drug-likeness (QED) is 0.571. The maximum absolute atomic E-state index is 13.4. The standard InChI is InChI=1S/C23H22ClFN4O2/c1-15-27-13-18(16-7-9-26-10-8-16)23(28-15)21-4-2-3-11-29(21)22(30)14-31-17-5-6-20(25)19(24)12-17/h5-10,12-13,21H,2-4,11,14H2,1H3/t21-/m1/s1. The maximum atomic E-state index is 13.4. The van der Waals surface area contributed by atoms with Gasteiger partial charge in [-0.05, 0) is 56.0 Å². The molecule has 1 saturated heterocycles. The summed E-state index contributed by atoms with van der Waals surface area (Å²) in [5.41, 5.74) is 2.68. The summed E-state index contributed by atoms with van der Waals surface area (Å²) < 4.78 is 19.0. The SMILES string of the molecule is Cc1ncc(-c2ccncc2)c([C@H]2CCCCN2C(=O)COc2ccc(F)c(Cl)c2)n1. The first-order valence-corrected chi connectivity index (χ1v) is 10.5. The molecule has 1 fully saturated rings. The van der Waals surface area contributed by atoms with E-state index in [1.807, 2.05) is 24.0 Å². The minimum absolute atomic E-state index is 0.0424. The molecule has 0 unspecified atom stereocenters. The zero-order valence-electron chi connectivity index (χ0n) is 17.1. The van der Waals surface area contributed by atoms with Crippen LogP contribution in [0.5, 0.6) is 5.75 Å². The highest BCUT2D eigenvalue weighted by Crippen LogP contribution is 2.35. The van der Waals surface area contributed by atoms with Gasteiger partial charge in [-0.25, -0.2) is 14.4 Å². The molecule has 6 nitrogen and oxygen atoms in total. The van der Waals surface area contributed by atoms with Gasteiger partial charge in [0.2, 0.25) is 0 Å². The van der Waals surface area contributed by atoms with E-state index in [1.165, 1.54) is 18.2 Å². The number of amides is 1. The maximum Gasteiger partial charge on any atom is 0.261 e. The number of aromatic nitrogens is 3. The van der Waals surface area contributed by atoms with E-state index in [2.05, 4.69) is 9.97 Å². The number of benzene rings is 1. The fourth-order valence-corrected chi connectivity index (χ4v) is 3.97. The second-order valence-electron chi connectivity index (χ2n) is 7.42. The van der Waals surface area contributed by atoms with Crippen molar-refractivity contribution < 1.29 is 13.9 Å². The highest BCUT2D eigenvalue weighted by atomic mass is 35.5. The zero-order valence-corrected chi connectivity index (χ0v) is 17.8. The first-order chi connectivity index (χ1) is 15.0. The van der Waals surface area contributed by atoms with Gasteiger partial charge < -0.3 is 9.64 Å². The molecule has 0 saturated carbocycles. The van der Waals surface area contributed by atoms with Crippen LogP contribution >= 0.6 is 11.6 Å². The lowest BCUT2D eigenvalue weighted by atomic mass is 9.94. The average molecular weight is 441 g/mol. The van der Waals surface area contributed by atoms with Gasteiger partial charge in [0, 0.05) is 36.8 Å². The molecule has 1 amide bonds. The Balaban J connectivity index is 1.58. The van der Waals surface area contributed by atoms with Crippen LogP contribution in [0.4, 0.5) is 4.39 Å². The molecule has 4 rings (SSSR count). The van der Waals surface area contributed by atoms with Crippen molar-refractivity contribution in [3.05, 3.63) is 71.3 Å². The normalized spacial score (nSPS) is 16.2. The van der Waals surface area contributed by atoms with E-state index < -0.39 is 5.82 Å². The van der Waals surface area contributed by atoms with Gasteiger partial charge in [0.1, 0.15) is 17.4 Å². The topological polar surface area (TPSA) is 68.2 Å². The van der Waals surface area contributed by atoms with Crippen LogP contribution in [0.2, 0.25) is 5.02 Å². The Morgan fingerprint density at radius 1 is 1.26 bits per heavy atom. The van der Waals surface area contributed by atoms with Crippen LogP contribution in [0, 0.1) is 12.7 Å². The lowest BCUT2D eigenvalue weighted by molar-refractivity contribution is -0.137. The summed E-state index contributed by atoms with van der Waals surface area (Å²) in [4.78, 5) is 28.1. The van der Waals surface area contributed by atoms with Gasteiger partial charge in [0.05, 0.1) is 16.8 Å². The lowest BCUT2D eigenvalue weighted by Gasteiger charge is -2.36. The highest BCUT2D eigenvalue weighted by molar-refractivity contribution is 6.30. The molecular formula is C23H22ClFN4O2. The van der Waals surface area contributed by atoms with Gasteiger partial charge in [0.15, 0.2) is 6.61 Å². The second-order valence-corrected chi connectivity index (χ2v) is 7.82. The summed E-state index contributed by atoms with van der Waals surface area (Å²) in [7, 11) is 0. The number of carbonyl (C=O) groups is 1. The second kappa shape index (κ2) is 9.39. The van der Waals surface area contributed by atoms with E-state index in [0.29, 0.717) is 18.1 Å². The Morgan fingerprint density at radius 3 is 2.84 bits per heavy atom. The molecule has 3 aromatic rings. The van der Waals surface area contributed by atoms with Crippen molar-refractivity contribution in [1.29, 1.82) is 0 Å². The number of nitrogens with zero attached hydrogens (tertiary/aromatic N) is 4. The number of carbonyl (C=O) groups excluding carboxylic acids is 1. The van der Waals surface area contributed by atoms with Crippen molar-refractivity contribution in [2.24, 2.45) is 0 Å². The molecule has 0 spiro atoms. The summed E-state index contributed by atoms with van der Waals surface area (Å²) in [6, 6.07) is 7.69. The number of hydrogen-bond acceptors (Lipinski definition) is 5. The molecule has 1 aromatic carbocycles. The summed E-state index contributed by atoms with van der Waals surface area (Å²) >= 11 is 5.80. The van der Waals surface area contributed by atoms with Crippen molar-refractivity contribution in [3.63, 3.8) is 0 Å². The number of pyridine rings is 1. The molecule has 160 valence electrons. The molecule has 3 heterocycles. The van der Waals surface area contributed by atoms with E-state index in [-0.39, 0.29) is 23.6 Å². The average Bonchev–Trinajstić information content (AvgIpc) is 2.80. The number of aryl methyl sites for hydroxylation is 1. The van der Waals surface area contributed by atoms with E-state index in [0.717, 1.165) is 36.1 Å². The van der Waals surface area contributed by atoms with Crippen LogP contribution in [-0.4, -0.2) is 38.9 Å². The molecule has 0 aliphatic carbocycles. The smallest absolute Gasteiger partial charge is 0.261 e.